The molecule has 20 heavy (non-hydrogen) atoms. The van der Waals surface area contributed by atoms with E-state index >= 15 is 0 Å². The van der Waals surface area contributed by atoms with Gasteiger partial charge in [0.05, 0.1) is 23.6 Å². The fourth-order valence-electron chi connectivity index (χ4n) is 1.89. The monoisotopic (exact) mass is 336 g/mol. The molecule has 1 amide bonds. The molecule has 2 N–H and O–H groups in total. The molecule has 0 atom stereocenters. The molecule has 0 bridgehead atoms. The van der Waals surface area contributed by atoms with Crippen molar-refractivity contribution in [2.24, 2.45) is 7.05 Å². The summed E-state index contributed by atoms with van der Waals surface area (Å²) in [7, 11) is 1.86. The number of hydrogen-bond donors (Lipinski definition) is 2. The van der Waals surface area contributed by atoms with Gasteiger partial charge in [-0.1, -0.05) is 15.9 Å². The van der Waals surface area contributed by atoms with Gasteiger partial charge in [-0.2, -0.15) is 5.10 Å². The average Bonchev–Trinajstić information content (AvgIpc) is 2.65. The summed E-state index contributed by atoms with van der Waals surface area (Å²) in [6, 6.07) is 7.68. The fraction of sp³-hybridized carbons (Fsp3) is 0.286. The second-order valence-corrected chi connectivity index (χ2v) is 5.49. The predicted molar refractivity (Wildman–Crippen MR) is 83.9 cm³/mol. The molecule has 0 aliphatic rings. The Bertz CT molecular complexity index is 619. The molecule has 0 radical (unpaired) electrons. The second kappa shape index (κ2) is 6.09. The molecular weight excluding hydrogens is 320 g/mol. The summed E-state index contributed by atoms with van der Waals surface area (Å²) < 4.78 is 2.77. The maximum Gasteiger partial charge on any atom is 0.243 e. The Labute approximate surface area is 126 Å². The average molecular weight is 337 g/mol. The first-order chi connectivity index (χ1) is 9.47. The molecule has 0 saturated heterocycles. The van der Waals surface area contributed by atoms with E-state index in [9.17, 15) is 4.79 Å². The molecule has 106 valence electrons. The van der Waals surface area contributed by atoms with Crippen molar-refractivity contribution in [1.82, 2.24) is 9.78 Å². The van der Waals surface area contributed by atoms with Crippen LogP contribution in [0.15, 0.2) is 28.7 Å². The number of benzene rings is 1. The van der Waals surface area contributed by atoms with Crippen LogP contribution in [-0.2, 0) is 11.8 Å². The Hall–Kier alpha value is -1.82. The van der Waals surface area contributed by atoms with Crippen LogP contribution in [0, 0.1) is 13.8 Å². The summed E-state index contributed by atoms with van der Waals surface area (Å²) in [5, 5.41) is 10.2. The highest BCUT2D eigenvalue weighted by atomic mass is 79.9. The molecule has 0 unspecified atom stereocenters. The Morgan fingerprint density at radius 3 is 2.50 bits per heavy atom. The van der Waals surface area contributed by atoms with Crippen LogP contribution in [0.1, 0.15) is 11.4 Å². The number of halogens is 1. The van der Waals surface area contributed by atoms with Gasteiger partial charge in [-0.3, -0.25) is 9.48 Å². The molecule has 5 nitrogen and oxygen atoms in total. The first-order valence-electron chi connectivity index (χ1n) is 6.27. The van der Waals surface area contributed by atoms with Crippen LogP contribution in [-0.4, -0.2) is 22.2 Å². The van der Waals surface area contributed by atoms with Gasteiger partial charge in [-0.25, -0.2) is 0 Å². The number of rotatable bonds is 4. The maximum atomic E-state index is 11.9. The molecule has 6 heteroatoms. The lowest BCUT2D eigenvalue weighted by Crippen LogP contribution is -2.22. The van der Waals surface area contributed by atoms with E-state index in [1.165, 1.54) is 0 Å². The molecule has 0 fully saturated rings. The molecule has 1 aromatic carbocycles. The lowest BCUT2D eigenvalue weighted by molar-refractivity contribution is -0.114. The number of amides is 1. The third kappa shape index (κ3) is 3.39. The lowest BCUT2D eigenvalue weighted by Gasteiger charge is -2.08. The minimum atomic E-state index is -0.0906. The first kappa shape index (κ1) is 14.6. The van der Waals surface area contributed by atoms with E-state index in [0.29, 0.717) is 0 Å². The Kier molecular flexibility index (Phi) is 4.44. The lowest BCUT2D eigenvalue weighted by atomic mass is 10.3. The summed E-state index contributed by atoms with van der Waals surface area (Å²) in [6.07, 6.45) is 0. The van der Waals surface area contributed by atoms with Gasteiger partial charge >= 0.3 is 0 Å². The molecule has 2 aromatic rings. The van der Waals surface area contributed by atoms with Crippen molar-refractivity contribution in [2.45, 2.75) is 13.8 Å². The van der Waals surface area contributed by atoms with Crippen molar-refractivity contribution >= 4 is 33.2 Å². The van der Waals surface area contributed by atoms with Crippen molar-refractivity contribution in [3.8, 4) is 0 Å². The summed E-state index contributed by atoms with van der Waals surface area (Å²) in [5.74, 6) is -0.0906. The number of aryl methyl sites for hydroxylation is 2. The topological polar surface area (TPSA) is 59.0 Å². The molecule has 0 aliphatic carbocycles. The van der Waals surface area contributed by atoms with E-state index in [1.807, 2.05) is 45.2 Å². The third-order valence-electron chi connectivity index (χ3n) is 3.07. The number of aromatic nitrogens is 2. The molecule has 1 aromatic heterocycles. The first-order valence-corrected chi connectivity index (χ1v) is 7.06. The van der Waals surface area contributed by atoms with Crippen LogP contribution in [0.3, 0.4) is 0 Å². The number of nitrogens with zero attached hydrogens (tertiary/aromatic N) is 2. The van der Waals surface area contributed by atoms with Gasteiger partial charge in [0.2, 0.25) is 5.91 Å². The number of nitrogens with one attached hydrogen (secondary N) is 2. The Morgan fingerprint density at radius 2 is 1.95 bits per heavy atom. The Morgan fingerprint density at radius 1 is 1.30 bits per heavy atom. The van der Waals surface area contributed by atoms with Crippen LogP contribution in [0.4, 0.5) is 11.4 Å². The van der Waals surface area contributed by atoms with Gasteiger partial charge in [0, 0.05) is 17.2 Å². The van der Waals surface area contributed by atoms with Crippen molar-refractivity contribution in [3.05, 3.63) is 40.1 Å². The highest BCUT2D eigenvalue weighted by Gasteiger charge is 2.12. The van der Waals surface area contributed by atoms with E-state index in [0.717, 1.165) is 27.2 Å². The Balaban J connectivity index is 1.94. The summed E-state index contributed by atoms with van der Waals surface area (Å²) in [5.41, 5.74) is 3.46. The molecule has 1 heterocycles. The van der Waals surface area contributed by atoms with Gasteiger partial charge in [-0.15, -0.1) is 0 Å². The zero-order valence-electron chi connectivity index (χ0n) is 11.7. The van der Waals surface area contributed by atoms with Crippen LogP contribution >= 0.6 is 15.9 Å². The van der Waals surface area contributed by atoms with Crippen molar-refractivity contribution in [1.29, 1.82) is 0 Å². The summed E-state index contributed by atoms with van der Waals surface area (Å²) in [6.45, 7) is 4.03. The highest BCUT2D eigenvalue weighted by Crippen LogP contribution is 2.18. The third-order valence-corrected chi connectivity index (χ3v) is 3.60. The van der Waals surface area contributed by atoms with Gasteiger partial charge in [0.1, 0.15) is 0 Å². The minimum absolute atomic E-state index is 0.0906. The maximum absolute atomic E-state index is 11.9. The van der Waals surface area contributed by atoms with E-state index in [1.54, 1.807) is 4.68 Å². The van der Waals surface area contributed by atoms with Crippen LogP contribution < -0.4 is 10.6 Å². The SMILES string of the molecule is Cc1nn(C)c(C)c1NC(=O)CNc1ccc(Br)cc1. The molecule has 2 rings (SSSR count). The van der Waals surface area contributed by atoms with E-state index < -0.39 is 0 Å². The highest BCUT2D eigenvalue weighted by molar-refractivity contribution is 9.10. The van der Waals surface area contributed by atoms with Crippen LogP contribution in [0.2, 0.25) is 0 Å². The van der Waals surface area contributed by atoms with Crippen molar-refractivity contribution in [2.75, 3.05) is 17.2 Å². The number of anilines is 2. The zero-order chi connectivity index (χ0) is 14.7. The van der Waals surface area contributed by atoms with Gasteiger partial charge in [0.15, 0.2) is 0 Å². The summed E-state index contributed by atoms with van der Waals surface area (Å²) >= 11 is 3.37. The molecular formula is C14H17BrN4O. The summed E-state index contributed by atoms with van der Waals surface area (Å²) in [4.78, 5) is 11.9. The largest absolute Gasteiger partial charge is 0.376 e. The number of carbonyl (C=O) groups is 1. The number of hydrogen-bond acceptors (Lipinski definition) is 3. The second-order valence-electron chi connectivity index (χ2n) is 4.58. The van der Waals surface area contributed by atoms with Crippen molar-refractivity contribution < 1.29 is 4.79 Å². The van der Waals surface area contributed by atoms with Crippen LogP contribution in [0.25, 0.3) is 0 Å². The normalized spacial score (nSPS) is 10.4. The van der Waals surface area contributed by atoms with Gasteiger partial charge in [0.25, 0.3) is 0 Å². The molecule has 0 spiro atoms. The molecule has 0 saturated carbocycles. The van der Waals surface area contributed by atoms with Gasteiger partial charge in [-0.05, 0) is 38.1 Å². The fourth-order valence-corrected chi connectivity index (χ4v) is 2.15. The van der Waals surface area contributed by atoms with E-state index in [4.69, 9.17) is 0 Å². The minimum Gasteiger partial charge on any atom is -0.376 e. The van der Waals surface area contributed by atoms with Crippen molar-refractivity contribution in [3.63, 3.8) is 0 Å². The molecule has 0 aliphatic heterocycles. The van der Waals surface area contributed by atoms with Crippen LogP contribution in [0.5, 0.6) is 0 Å². The van der Waals surface area contributed by atoms with E-state index in [-0.39, 0.29) is 12.5 Å². The quantitative estimate of drug-likeness (QED) is 0.902. The van der Waals surface area contributed by atoms with E-state index in [2.05, 4.69) is 31.7 Å². The number of carbonyl (C=O) groups excluding carboxylic acids is 1. The smallest absolute Gasteiger partial charge is 0.243 e. The zero-order valence-corrected chi connectivity index (χ0v) is 13.3. The predicted octanol–water partition coefficient (Wildman–Crippen LogP) is 2.85. The standard InChI is InChI=1S/C14H17BrN4O/c1-9-14(10(2)19(3)18-9)17-13(20)8-16-12-6-4-11(15)5-7-12/h4-7,16H,8H2,1-3H3,(H,17,20). The van der Waals surface area contributed by atoms with Gasteiger partial charge < -0.3 is 10.6 Å².